The molecule has 1 aliphatic heterocycles. The van der Waals surface area contributed by atoms with E-state index in [1.807, 2.05) is 36.7 Å². The summed E-state index contributed by atoms with van der Waals surface area (Å²) in [5, 5.41) is 7.55. The Kier molecular flexibility index (Phi) is 4.77. The van der Waals surface area contributed by atoms with E-state index in [1.54, 1.807) is 0 Å². The van der Waals surface area contributed by atoms with Gasteiger partial charge in [-0.1, -0.05) is 35.9 Å². The fraction of sp³-hybridized carbons (Fsp3) is 0.273. The van der Waals surface area contributed by atoms with E-state index >= 15 is 0 Å². The Morgan fingerprint density at radius 1 is 1.04 bits per heavy atom. The molecule has 1 N–H and O–H groups in total. The molecule has 0 bridgehead atoms. The summed E-state index contributed by atoms with van der Waals surface area (Å²) < 4.78 is 12.6. The predicted molar refractivity (Wildman–Crippen MR) is 106 cm³/mol. The quantitative estimate of drug-likeness (QED) is 0.739. The average molecular weight is 377 g/mol. The standard InChI is InChI=1S/C22H23N3O3/c1-14-4-6-17(7-5-14)12-25-16(3)21(15(2)24-25)22(26)23-11-18-8-9-19-20(10-18)28-13-27-19/h4-10H,11-13H2,1-3H3,(H,23,26). The van der Waals surface area contributed by atoms with Gasteiger partial charge in [-0.05, 0) is 44.0 Å². The highest BCUT2D eigenvalue weighted by atomic mass is 16.7. The van der Waals surface area contributed by atoms with Crippen LogP contribution in [0.4, 0.5) is 0 Å². The van der Waals surface area contributed by atoms with Gasteiger partial charge in [0.15, 0.2) is 11.5 Å². The van der Waals surface area contributed by atoms with Crippen LogP contribution in [0, 0.1) is 20.8 Å². The highest BCUT2D eigenvalue weighted by Crippen LogP contribution is 2.32. The molecular formula is C22H23N3O3. The van der Waals surface area contributed by atoms with Crippen molar-refractivity contribution >= 4 is 5.91 Å². The normalized spacial score (nSPS) is 12.2. The van der Waals surface area contributed by atoms with Gasteiger partial charge in [-0.2, -0.15) is 5.10 Å². The minimum atomic E-state index is -0.122. The summed E-state index contributed by atoms with van der Waals surface area (Å²) in [6.45, 7) is 7.16. The maximum Gasteiger partial charge on any atom is 0.255 e. The first-order chi connectivity index (χ1) is 13.5. The first-order valence-corrected chi connectivity index (χ1v) is 9.27. The highest BCUT2D eigenvalue weighted by molar-refractivity contribution is 5.96. The van der Waals surface area contributed by atoms with E-state index in [0.717, 1.165) is 28.3 Å². The highest BCUT2D eigenvalue weighted by Gasteiger charge is 2.19. The monoisotopic (exact) mass is 377 g/mol. The molecule has 0 atom stereocenters. The zero-order chi connectivity index (χ0) is 19.7. The summed E-state index contributed by atoms with van der Waals surface area (Å²) >= 11 is 0. The first-order valence-electron chi connectivity index (χ1n) is 9.27. The number of hydrogen-bond donors (Lipinski definition) is 1. The Bertz CT molecular complexity index is 1020. The van der Waals surface area contributed by atoms with Gasteiger partial charge in [-0.3, -0.25) is 9.48 Å². The lowest BCUT2D eigenvalue weighted by molar-refractivity contribution is 0.0949. The van der Waals surface area contributed by atoms with Crippen molar-refractivity contribution in [3.63, 3.8) is 0 Å². The fourth-order valence-electron chi connectivity index (χ4n) is 3.37. The van der Waals surface area contributed by atoms with Crippen LogP contribution in [0.25, 0.3) is 0 Å². The van der Waals surface area contributed by atoms with Crippen LogP contribution >= 0.6 is 0 Å². The molecule has 6 heteroatoms. The zero-order valence-electron chi connectivity index (χ0n) is 16.3. The third-order valence-electron chi connectivity index (χ3n) is 4.95. The fourth-order valence-corrected chi connectivity index (χ4v) is 3.37. The molecule has 0 fully saturated rings. The Morgan fingerprint density at radius 2 is 1.75 bits per heavy atom. The van der Waals surface area contributed by atoms with Gasteiger partial charge < -0.3 is 14.8 Å². The van der Waals surface area contributed by atoms with E-state index in [4.69, 9.17) is 9.47 Å². The number of benzene rings is 2. The summed E-state index contributed by atoms with van der Waals surface area (Å²) in [5.74, 6) is 1.33. The number of fused-ring (bicyclic) bond motifs is 1. The van der Waals surface area contributed by atoms with Crippen LogP contribution < -0.4 is 14.8 Å². The second-order valence-electron chi connectivity index (χ2n) is 7.06. The third-order valence-corrected chi connectivity index (χ3v) is 4.95. The molecule has 1 aliphatic rings. The zero-order valence-corrected chi connectivity index (χ0v) is 16.3. The lowest BCUT2D eigenvalue weighted by Crippen LogP contribution is -2.24. The van der Waals surface area contributed by atoms with Gasteiger partial charge in [-0.25, -0.2) is 0 Å². The molecule has 6 nitrogen and oxygen atoms in total. The van der Waals surface area contributed by atoms with Crippen LogP contribution in [-0.2, 0) is 13.1 Å². The predicted octanol–water partition coefficient (Wildman–Crippen LogP) is 3.52. The van der Waals surface area contributed by atoms with Gasteiger partial charge in [0, 0.05) is 12.2 Å². The van der Waals surface area contributed by atoms with Crippen LogP contribution in [0.5, 0.6) is 11.5 Å². The van der Waals surface area contributed by atoms with Gasteiger partial charge in [0.25, 0.3) is 5.91 Å². The summed E-state index contributed by atoms with van der Waals surface area (Å²) in [5.41, 5.74) is 5.56. The molecule has 0 aliphatic carbocycles. The lowest BCUT2D eigenvalue weighted by Gasteiger charge is -2.08. The molecule has 3 aromatic rings. The van der Waals surface area contributed by atoms with Crippen LogP contribution in [0.2, 0.25) is 0 Å². The molecule has 0 saturated heterocycles. The Hall–Kier alpha value is -3.28. The summed E-state index contributed by atoms with van der Waals surface area (Å²) in [6.07, 6.45) is 0. The van der Waals surface area contributed by atoms with Gasteiger partial charge in [0.2, 0.25) is 6.79 Å². The number of aryl methyl sites for hydroxylation is 2. The molecule has 0 radical (unpaired) electrons. The minimum Gasteiger partial charge on any atom is -0.454 e. The van der Waals surface area contributed by atoms with Crippen LogP contribution in [0.1, 0.15) is 38.4 Å². The number of ether oxygens (including phenoxy) is 2. The van der Waals surface area contributed by atoms with Crippen molar-refractivity contribution in [3.8, 4) is 11.5 Å². The van der Waals surface area contributed by atoms with E-state index in [0.29, 0.717) is 24.4 Å². The summed E-state index contributed by atoms with van der Waals surface area (Å²) in [6, 6.07) is 14.0. The van der Waals surface area contributed by atoms with Gasteiger partial charge in [-0.15, -0.1) is 0 Å². The van der Waals surface area contributed by atoms with E-state index in [-0.39, 0.29) is 12.7 Å². The van der Waals surface area contributed by atoms with Crippen molar-refractivity contribution in [2.75, 3.05) is 6.79 Å². The van der Waals surface area contributed by atoms with E-state index in [2.05, 4.69) is 41.6 Å². The van der Waals surface area contributed by atoms with Crippen LogP contribution in [-0.4, -0.2) is 22.5 Å². The molecule has 1 aromatic heterocycles. The number of rotatable bonds is 5. The van der Waals surface area contributed by atoms with E-state index < -0.39 is 0 Å². The van der Waals surface area contributed by atoms with Crippen molar-refractivity contribution in [3.05, 3.63) is 76.1 Å². The lowest BCUT2D eigenvalue weighted by atomic mass is 10.1. The maximum absolute atomic E-state index is 12.8. The topological polar surface area (TPSA) is 65.4 Å². The molecule has 0 saturated carbocycles. The second kappa shape index (κ2) is 7.38. The second-order valence-corrected chi connectivity index (χ2v) is 7.06. The summed E-state index contributed by atoms with van der Waals surface area (Å²) in [4.78, 5) is 12.8. The third kappa shape index (κ3) is 3.58. The first kappa shape index (κ1) is 18.1. The van der Waals surface area contributed by atoms with Crippen molar-refractivity contribution in [2.24, 2.45) is 0 Å². The number of nitrogens with one attached hydrogen (secondary N) is 1. The number of amides is 1. The number of nitrogens with zero attached hydrogens (tertiary/aromatic N) is 2. The van der Waals surface area contributed by atoms with Crippen molar-refractivity contribution in [1.82, 2.24) is 15.1 Å². The van der Waals surface area contributed by atoms with E-state index in [1.165, 1.54) is 5.56 Å². The van der Waals surface area contributed by atoms with Crippen molar-refractivity contribution in [1.29, 1.82) is 0 Å². The van der Waals surface area contributed by atoms with Gasteiger partial charge in [0.1, 0.15) is 0 Å². The van der Waals surface area contributed by atoms with Gasteiger partial charge >= 0.3 is 0 Å². The maximum atomic E-state index is 12.8. The number of carbonyl (C=O) groups excluding carboxylic acids is 1. The summed E-state index contributed by atoms with van der Waals surface area (Å²) in [7, 11) is 0. The van der Waals surface area contributed by atoms with Crippen LogP contribution in [0.15, 0.2) is 42.5 Å². The largest absolute Gasteiger partial charge is 0.454 e. The number of hydrogen-bond acceptors (Lipinski definition) is 4. The molecule has 144 valence electrons. The Morgan fingerprint density at radius 3 is 2.54 bits per heavy atom. The Labute approximate surface area is 164 Å². The molecule has 2 heterocycles. The molecule has 0 spiro atoms. The van der Waals surface area contributed by atoms with Crippen LogP contribution in [0.3, 0.4) is 0 Å². The number of carbonyl (C=O) groups is 1. The van der Waals surface area contributed by atoms with Gasteiger partial charge in [0.05, 0.1) is 17.8 Å². The smallest absolute Gasteiger partial charge is 0.255 e. The SMILES string of the molecule is Cc1ccc(Cn2nc(C)c(C(=O)NCc3ccc4c(c3)OCO4)c2C)cc1. The van der Waals surface area contributed by atoms with Crippen molar-refractivity contribution < 1.29 is 14.3 Å². The molecule has 28 heavy (non-hydrogen) atoms. The number of aromatic nitrogens is 2. The van der Waals surface area contributed by atoms with Crippen molar-refractivity contribution in [2.45, 2.75) is 33.9 Å². The minimum absolute atomic E-state index is 0.122. The molecule has 4 rings (SSSR count). The molecule has 0 unspecified atom stereocenters. The average Bonchev–Trinajstić information content (AvgIpc) is 3.25. The van der Waals surface area contributed by atoms with E-state index in [9.17, 15) is 4.79 Å². The molecular weight excluding hydrogens is 354 g/mol. The Balaban J connectivity index is 1.46. The molecule has 2 aromatic carbocycles. The molecule has 1 amide bonds.